The molecule has 0 saturated carbocycles. The van der Waals surface area contributed by atoms with Crippen molar-refractivity contribution in [3.05, 3.63) is 44.8 Å². The van der Waals surface area contributed by atoms with Gasteiger partial charge in [0.1, 0.15) is 12.7 Å². The molecular weight excluding hydrogens is 356 g/mol. The van der Waals surface area contributed by atoms with Crippen molar-refractivity contribution in [1.29, 1.82) is 0 Å². The van der Waals surface area contributed by atoms with Crippen molar-refractivity contribution in [2.24, 2.45) is 0 Å². The van der Waals surface area contributed by atoms with Gasteiger partial charge in [-0.3, -0.25) is 23.9 Å². The standard InChI is InChI=1S/C18H24N2O7/c1-12-10-20(18(25)19-17(12)24)14-9-8-13(27-14)11-26-16(23)7-5-3-2-4-6-15(21)22/h8-10,13-14H,2-7,11H2,1H3,(H,21,22)(H,19,24,25)/t13-,14+/m0/s1. The molecule has 0 saturated heterocycles. The van der Waals surface area contributed by atoms with Crippen molar-refractivity contribution in [1.82, 2.24) is 9.55 Å². The van der Waals surface area contributed by atoms with E-state index in [0.29, 0.717) is 18.4 Å². The molecule has 0 unspecified atom stereocenters. The quantitative estimate of drug-likeness (QED) is 0.355. The monoisotopic (exact) mass is 380 g/mol. The minimum Gasteiger partial charge on any atom is -0.481 e. The Hall–Kier alpha value is -2.68. The van der Waals surface area contributed by atoms with E-state index in [1.807, 2.05) is 0 Å². The Labute approximate surface area is 155 Å². The highest BCUT2D eigenvalue weighted by Crippen LogP contribution is 2.20. The third-order valence-corrected chi connectivity index (χ3v) is 4.15. The number of aromatic nitrogens is 2. The van der Waals surface area contributed by atoms with Crippen LogP contribution in [-0.4, -0.2) is 39.3 Å². The molecule has 0 aliphatic carbocycles. The van der Waals surface area contributed by atoms with Crippen LogP contribution in [0.1, 0.15) is 50.3 Å². The van der Waals surface area contributed by atoms with Gasteiger partial charge < -0.3 is 14.6 Å². The number of rotatable bonds is 10. The van der Waals surface area contributed by atoms with Crippen molar-refractivity contribution in [3.63, 3.8) is 0 Å². The molecule has 0 spiro atoms. The van der Waals surface area contributed by atoms with Crippen LogP contribution in [0.4, 0.5) is 0 Å². The molecule has 1 aromatic rings. The van der Waals surface area contributed by atoms with E-state index in [9.17, 15) is 19.2 Å². The summed E-state index contributed by atoms with van der Waals surface area (Å²) in [5.41, 5.74) is -0.614. The van der Waals surface area contributed by atoms with E-state index in [1.54, 1.807) is 19.1 Å². The zero-order chi connectivity index (χ0) is 19.8. The lowest BCUT2D eigenvalue weighted by Crippen LogP contribution is -2.33. The minimum atomic E-state index is -0.809. The highest BCUT2D eigenvalue weighted by molar-refractivity contribution is 5.69. The summed E-state index contributed by atoms with van der Waals surface area (Å²) >= 11 is 0. The zero-order valence-electron chi connectivity index (χ0n) is 15.2. The van der Waals surface area contributed by atoms with E-state index in [2.05, 4.69) is 4.98 Å². The lowest BCUT2D eigenvalue weighted by Gasteiger charge is -2.16. The van der Waals surface area contributed by atoms with E-state index >= 15 is 0 Å². The maximum absolute atomic E-state index is 11.9. The molecule has 0 aromatic carbocycles. The van der Waals surface area contributed by atoms with E-state index in [4.69, 9.17) is 14.6 Å². The second-order valence-corrected chi connectivity index (χ2v) is 6.42. The van der Waals surface area contributed by atoms with Gasteiger partial charge in [0.05, 0.1) is 0 Å². The first-order valence-corrected chi connectivity index (χ1v) is 8.90. The van der Waals surface area contributed by atoms with Crippen LogP contribution in [0.2, 0.25) is 0 Å². The molecule has 2 N–H and O–H groups in total. The Morgan fingerprint density at radius 2 is 1.89 bits per heavy atom. The molecular formula is C18H24N2O7. The Morgan fingerprint density at radius 1 is 1.19 bits per heavy atom. The van der Waals surface area contributed by atoms with Crippen LogP contribution in [0, 0.1) is 6.92 Å². The Kier molecular flexibility index (Phi) is 7.54. The summed E-state index contributed by atoms with van der Waals surface area (Å²) in [5.74, 6) is -1.15. The number of aryl methyl sites for hydroxylation is 1. The van der Waals surface area contributed by atoms with Crippen molar-refractivity contribution in [2.45, 2.75) is 57.8 Å². The van der Waals surface area contributed by atoms with E-state index in [-0.39, 0.29) is 25.4 Å². The summed E-state index contributed by atoms with van der Waals surface area (Å²) in [5, 5.41) is 8.54. The van der Waals surface area contributed by atoms with Crippen LogP contribution in [0.5, 0.6) is 0 Å². The van der Waals surface area contributed by atoms with Crippen LogP contribution in [0.3, 0.4) is 0 Å². The maximum Gasteiger partial charge on any atom is 0.330 e. The summed E-state index contributed by atoms with van der Waals surface area (Å²) in [4.78, 5) is 47.6. The van der Waals surface area contributed by atoms with Gasteiger partial charge in [0.15, 0.2) is 6.23 Å². The van der Waals surface area contributed by atoms with Gasteiger partial charge in [-0.2, -0.15) is 0 Å². The van der Waals surface area contributed by atoms with Crippen LogP contribution in [0.25, 0.3) is 0 Å². The van der Waals surface area contributed by atoms with Gasteiger partial charge in [0.25, 0.3) is 5.56 Å². The van der Waals surface area contributed by atoms with Crippen LogP contribution >= 0.6 is 0 Å². The summed E-state index contributed by atoms with van der Waals surface area (Å²) in [6.45, 7) is 1.64. The molecule has 2 rings (SSSR count). The summed E-state index contributed by atoms with van der Waals surface area (Å²) in [6.07, 6.45) is 6.89. The fraction of sp³-hybridized carbons (Fsp3) is 0.556. The maximum atomic E-state index is 11.9. The van der Waals surface area contributed by atoms with E-state index < -0.39 is 29.6 Å². The van der Waals surface area contributed by atoms with Crippen molar-refractivity contribution in [3.8, 4) is 0 Å². The van der Waals surface area contributed by atoms with Gasteiger partial charge in [0.2, 0.25) is 0 Å². The highest BCUT2D eigenvalue weighted by Gasteiger charge is 2.23. The van der Waals surface area contributed by atoms with Gasteiger partial charge in [0, 0.05) is 24.6 Å². The molecule has 148 valence electrons. The SMILES string of the molecule is Cc1cn([C@H]2C=C[C@@H](COC(=O)CCCCCCC(=O)O)O2)c(=O)[nH]c1=O. The van der Waals surface area contributed by atoms with Gasteiger partial charge in [-0.15, -0.1) is 0 Å². The van der Waals surface area contributed by atoms with Gasteiger partial charge >= 0.3 is 17.6 Å². The number of hydrogen-bond donors (Lipinski definition) is 2. The van der Waals surface area contributed by atoms with Gasteiger partial charge in [-0.1, -0.05) is 18.9 Å². The number of aliphatic carboxylic acids is 1. The number of hydrogen-bond acceptors (Lipinski definition) is 6. The van der Waals surface area contributed by atoms with Crippen molar-refractivity contribution >= 4 is 11.9 Å². The molecule has 1 aliphatic heterocycles. The molecule has 9 nitrogen and oxygen atoms in total. The van der Waals surface area contributed by atoms with E-state index in [0.717, 1.165) is 12.8 Å². The zero-order valence-corrected chi connectivity index (χ0v) is 15.2. The number of aromatic amines is 1. The lowest BCUT2D eigenvalue weighted by atomic mass is 10.1. The third-order valence-electron chi connectivity index (χ3n) is 4.15. The number of carboxylic acids is 1. The number of esters is 1. The minimum absolute atomic E-state index is 0.0436. The summed E-state index contributed by atoms with van der Waals surface area (Å²) < 4.78 is 12.1. The molecule has 1 aliphatic rings. The Morgan fingerprint density at radius 3 is 2.59 bits per heavy atom. The number of carbonyl (C=O) groups excluding carboxylic acids is 1. The Bertz CT molecular complexity index is 809. The summed E-state index contributed by atoms with van der Waals surface area (Å²) in [6, 6.07) is 0. The predicted octanol–water partition coefficient (Wildman–Crippen LogP) is 1.27. The molecule has 1 aromatic heterocycles. The summed E-state index contributed by atoms with van der Waals surface area (Å²) in [7, 11) is 0. The lowest BCUT2D eigenvalue weighted by molar-refractivity contribution is -0.148. The first-order valence-electron chi connectivity index (χ1n) is 8.90. The first kappa shape index (κ1) is 20.6. The van der Waals surface area contributed by atoms with Gasteiger partial charge in [-0.25, -0.2) is 4.79 Å². The smallest absolute Gasteiger partial charge is 0.330 e. The molecule has 0 radical (unpaired) electrons. The number of carboxylic acid groups (broad SMARTS) is 1. The second kappa shape index (κ2) is 9.86. The number of H-pyrrole nitrogens is 1. The third kappa shape index (κ3) is 6.52. The number of ether oxygens (including phenoxy) is 2. The topological polar surface area (TPSA) is 128 Å². The van der Waals surface area contributed by atoms with Crippen molar-refractivity contribution < 1.29 is 24.2 Å². The first-order chi connectivity index (χ1) is 12.9. The fourth-order valence-electron chi connectivity index (χ4n) is 2.66. The van der Waals surface area contributed by atoms with Crippen LogP contribution < -0.4 is 11.2 Å². The van der Waals surface area contributed by atoms with Crippen molar-refractivity contribution in [2.75, 3.05) is 6.61 Å². The average Bonchev–Trinajstić information content (AvgIpc) is 3.08. The van der Waals surface area contributed by atoms with Crippen LogP contribution in [-0.2, 0) is 19.1 Å². The number of carbonyl (C=O) groups is 2. The van der Waals surface area contributed by atoms with Gasteiger partial charge in [-0.05, 0) is 25.8 Å². The molecule has 0 bridgehead atoms. The molecule has 0 fully saturated rings. The Balaban J connectivity index is 1.68. The largest absolute Gasteiger partial charge is 0.481 e. The second-order valence-electron chi connectivity index (χ2n) is 6.42. The predicted molar refractivity (Wildman–Crippen MR) is 95.4 cm³/mol. The number of nitrogens with zero attached hydrogens (tertiary/aromatic N) is 1. The van der Waals surface area contributed by atoms with E-state index in [1.165, 1.54) is 10.8 Å². The molecule has 2 atom stereocenters. The average molecular weight is 380 g/mol. The van der Waals surface area contributed by atoms with Crippen LogP contribution in [0.15, 0.2) is 27.9 Å². The molecule has 9 heteroatoms. The molecule has 0 amide bonds. The number of nitrogens with one attached hydrogen (secondary N) is 1. The molecule has 2 heterocycles. The number of unbranched alkanes of at least 4 members (excludes halogenated alkanes) is 3. The highest BCUT2D eigenvalue weighted by atomic mass is 16.6. The normalized spacial score (nSPS) is 18.6. The fourth-order valence-corrected chi connectivity index (χ4v) is 2.66. The molecule has 27 heavy (non-hydrogen) atoms.